The van der Waals surface area contributed by atoms with Crippen LogP contribution in [0.1, 0.15) is 70.7 Å². The van der Waals surface area contributed by atoms with Crippen LogP contribution >= 0.6 is 0 Å². The molecule has 2 aliphatic rings. The monoisotopic (exact) mass is 408 g/mol. The molecule has 0 fully saturated rings. The first kappa shape index (κ1) is 20.7. The molecule has 2 aromatic rings. The number of hydrogen-bond acceptors (Lipinski definition) is 4. The highest BCUT2D eigenvalue weighted by molar-refractivity contribution is 5.98. The number of carbonyl (C=O) groups is 1. The number of amides is 1. The summed E-state index contributed by atoms with van der Waals surface area (Å²) in [6, 6.07) is 8.23. The van der Waals surface area contributed by atoms with Crippen LogP contribution in [-0.2, 0) is 15.6 Å². The lowest BCUT2D eigenvalue weighted by atomic mass is 9.84. The van der Waals surface area contributed by atoms with Gasteiger partial charge in [-0.1, -0.05) is 47.6 Å². The topological polar surface area (TPSA) is 51.7 Å². The van der Waals surface area contributed by atoms with Crippen molar-refractivity contribution < 1.29 is 14.3 Å². The van der Waals surface area contributed by atoms with Gasteiger partial charge in [0.1, 0.15) is 11.5 Å². The zero-order valence-corrected chi connectivity index (χ0v) is 18.9. The second-order valence-corrected chi connectivity index (χ2v) is 10.4. The third kappa shape index (κ3) is 3.78. The Labute approximate surface area is 179 Å². The SMILES string of the molecule is CC(C)(C)c1ccc2c(c1)N(CC1CCOc3c(C(C)(C)C)ccnc31)C(=O)CO2. The average molecular weight is 409 g/mol. The van der Waals surface area contributed by atoms with Crippen LogP contribution in [0.2, 0.25) is 0 Å². The molecule has 2 aliphatic heterocycles. The predicted molar refractivity (Wildman–Crippen MR) is 119 cm³/mol. The van der Waals surface area contributed by atoms with Crippen LogP contribution in [0.4, 0.5) is 5.69 Å². The lowest BCUT2D eigenvalue weighted by Gasteiger charge is -2.36. The standard InChI is InChI=1S/C25H32N2O3/c1-24(2,3)17-7-8-20-19(13-17)27(21(28)15-30-20)14-16-10-12-29-23-18(25(4,5)6)9-11-26-22(16)23/h7-9,11,13,16H,10,12,14-15H2,1-6H3. The summed E-state index contributed by atoms with van der Waals surface area (Å²) in [5.74, 6) is 1.79. The van der Waals surface area contributed by atoms with E-state index < -0.39 is 0 Å². The fourth-order valence-corrected chi connectivity index (χ4v) is 4.20. The smallest absolute Gasteiger partial charge is 0.265 e. The quantitative estimate of drug-likeness (QED) is 0.704. The van der Waals surface area contributed by atoms with Crippen molar-refractivity contribution in [2.75, 3.05) is 24.7 Å². The first-order chi connectivity index (χ1) is 14.1. The highest BCUT2D eigenvalue weighted by Crippen LogP contribution is 2.42. The molecule has 30 heavy (non-hydrogen) atoms. The van der Waals surface area contributed by atoms with E-state index >= 15 is 0 Å². The number of nitrogens with zero attached hydrogens (tertiary/aromatic N) is 2. The zero-order valence-electron chi connectivity index (χ0n) is 18.9. The molecule has 0 N–H and O–H groups in total. The molecular formula is C25H32N2O3. The molecule has 1 unspecified atom stereocenters. The molecule has 1 aromatic heterocycles. The third-order valence-corrected chi connectivity index (χ3v) is 6.01. The summed E-state index contributed by atoms with van der Waals surface area (Å²) in [4.78, 5) is 19.5. The largest absolute Gasteiger partial charge is 0.491 e. The van der Waals surface area contributed by atoms with E-state index in [1.807, 2.05) is 23.2 Å². The van der Waals surface area contributed by atoms with Crippen molar-refractivity contribution in [1.29, 1.82) is 0 Å². The first-order valence-electron chi connectivity index (χ1n) is 10.8. The molecule has 1 aromatic carbocycles. The van der Waals surface area contributed by atoms with Gasteiger partial charge in [-0.3, -0.25) is 9.78 Å². The fraction of sp³-hybridized carbons (Fsp3) is 0.520. The van der Waals surface area contributed by atoms with Gasteiger partial charge in [-0.2, -0.15) is 0 Å². The van der Waals surface area contributed by atoms with E-state index in [0.29, 0.717) is 13.2 Å². The number of ether oxygens (including phenoxy) is 2. The van der Waals surface area contributed by atoms with Crippen molar-refractivity contribution in [1.82, 2.24) is 4.98 Å². The summed E-state index contributed by atoms with van der Waals surface area (Å²) in [6.07, 6.45) is 2.71. The van der Waals surface area contributed by atoms with Crippen molar-refractivity contribution in [3.8, 4) is 11.5 Å². The Morgan fingerprint density at radius 3 is 2.53 bits per heavy atom. The number of carbonyl (C=O) groups excluding carboxylic acids is 1. The number of rotatable bonds is 2. The Hall–Kier alpha value is -2.56. The van der Waals surface area contributed by atoms with Crippen LogP contribution < -0.4 is 14.4 Å². The van der Waals surface area contributed by atoms with Gasteiger partial charge in [0.2, 0.25) is 0 Å². The highest BCUT2D eigenvalue weighted by atomic mass is 16.5. The predicted octanol–water partition coefficient (Wildman–Crippen LogP) is 4.97. The lowest BCUT2D eigenvalue weighted by molar-refractivity contribution is -0.121. The number of fused-ring (bicyclic) bond motifs is 2. The summed E-state index contributed by atoms with van der Waals surface area (Å²) in [5, 5.41) is 0. The van der Waals surface area contributed by atoms with Gasteiger partial charge >= 0.3 is 0 Å². The molecule has 5 nitrogen and oxygen atoms in total. The zero-order chi connectivity index (χ0) is 21.7. The molecule has 3 heterocycles. The van der Waals surface area contributed by atoms with Gasteiger partial charge in [0.15, 0.2) is 6.61 Å². The van der Waals surface area contributed by atoms with Crippen molar-refractivity contribution in [2.45, 2.75) is 64.7 Å². The average Bonchev–Trinajstić information content (AvgIpc) is 2.68. The summed E-state index contributed by atoms with van der Waals surface area (Å²) in [7, 11) is 0. The van der Waals surface area contributed by atoms with E-state index in [9.17, 15) is 4.79 Å². The van der Waals surface area contributed by atoms with E-state index in [1.165, 1.54) is 11.1 Å². The molecule has 0 saturated carbocycles. The Balaban J connectivity index is 1.71. The van der Waals surface area contributed by atoms with Crippen molar-refractivity contribution in [2.24, 2.45) is 0 Å². The number of anilines is 1. The minimum Gasteiger partial charge on any atom is -0.491 e. The van der Waals surface area contributed by atoms with E-state index in [4.69, 9.17) is 9.47 Å². The molecule has 160 valence electrons. The highest BCUT2D eigenvalue weighted by Gasteiger charge is 2.34. The number of hydrogen-bond donors (Lipinski definition) is 0. The second-order valence-electron chi connectivity index (χ2n) is 10.4. The molecule has 4 rings (SSSR count). The Morgan fingerprint density at radius 1 is 1.07 bits per heavy atom. The number of pyridine rings is 1. The van der Waals surface area contributed by atoms with Crippen LogP contribution in [0.15, 0.2) is 30.5 Å². The minimum atomic E-state index is -0.0299. The summed E-state index contributed by atoms with van der Waals surface area (Å²) >= 11 is 0. The maximum atomic E-state index is 12.9. The van der Waals surface area contributed by atoms with Gasteiger partial charge in [-0.25, -0.2) is 0 Å². The number of aromatic nitrogens is 1. The van der Waals surface area contributed by atoms with E-state index in [-0.39, 0.29) is 29.3 Å². The Bertz CT molecular complexity index is 969. The van der Waals surface area contributed by atoms with E-state index in [1.54, 1.807) is 0 Å². The van der Waals surface area contributed by atoms with Crippen molar-refractivity contribution in [3.63, 3.8) is 0 Å². The molecule has 0 radical (unpaired) electrons. The lowest BCUT2D eigenvalue weighted by Crippen LogP contribution is -2.42. The molecule has 0 bridgehead atoms. The van der Waals surface area contributed by atoms with Gasteiger partial charge < -0.3 is 14.4 Å². The maximum absolute atomic E-state index is 12.9. The second kappa shape index (κ2) is 7.29. The molecule has 0 spiro atoms. The van der Waals surface area contributed by atoms with Gasteiger partial charge in [-0.05, 0) is 41.0 Å². The van der Waals surface area contributed by atoms with Gasteiger partial charge in [0, 0.05) is 24.2 Å². The van der Waals surface area contributed by atoms with Crippen LogP contribution in [0, 0.1) is 0 Å². The van der Waals surface area contributed by atoms with E-state index in [2.05, 4.69) is 58.7 Å². The van der Waals surface area contributed by atoms with Crippen LogP contribution in [0.3, 0.4) is 0 Å². The van der Waals surface area contributed by atoms with Gasteiger partial charge in [0.05, 0.1) is 18.0 Å². The first-order valence-corrected chi connectivity index (χ1v) is 10.8. The fourth-order valence-electron chi connectivity index (χ4n) is 4.20. The Kier molecular flexibility index (Phi) is 5.03. The number of benzene rings is 1. The van der Waals surface area contributed by atoms with Crippen molar-refractivity contribution >= 4 is 11.6 Å². The normalized spacial score (nSPS) is 18.9. The molecule has 1 amide bonds. The van der Waals surface area contributed by atoms with Gasteiger partial charge in [0.25, 0.3) is 5.91 Å². The molecular weight excluding hydrogens is 376 g/mol. The van der Waals surface area contributed by atoms with Crippen molar-refractivity contribution in [3.05, 3.63) is 47.3 Å². The van der Waals surface area contributed by atoms with Crippen LogP contribution in [0.25, 0.3) is 0 Å². The van der Waals surface area contributed by atoms with E-state index in [0.717, 1.165) is 29.3 Å². The van der Waals surface area contributed by atoms with Gasteiger partial charge in [-0.15, -0.1) is 0 Å². The molecule has 5 heteroatoms. The molecule has 0 saturated heterocycles. The minimum absolute atomic E-state index is 0.00433. The third-order valence-electron chi connectivity index (χ3n) is 6.01. The Morgan fingerprint density at radius 2 is 1.83 bits per heavy atom. The summed E-state index contributed by atoms with van der Waals surface area (Å²) < 4.78 is 11.8. The van der Waals surface area contributed by atoms with Crippen LogP contribution in [0.5, 0.6) is 11.5 Å². The molecule has 1 atom stereocenters. The summed E-state index contributed by atoms with van der Waals surface area (Å²) in [5.41, 5.74) is 4.14. The maximum Gasteiger partial charge on any atom is 0.265 e. The van der Waals surface area contributed by atoms with Crippen LogP contribution in [-0.4, -0.2) is 30.6 Å². The molecule has 0 aliphatic carbocycles. The summed E-state index contributed by atoms with van der Waals surface area (Å²) in [6.45, 7) is 14.4.